The lowest BCUT2D eigenvalue weighted by molar-refractivity contribution is 0.368. The Hall–Kier alpha value is -0.130. The van der Waals surface area contributed by atoms with Gasteiger partial charge in [0.2, 0.25) is 10.0 Å². The largest absolute Gasteiger partial charge is 0.317 e. The molecule has 1 N–H and O–H groups in total. The summed E-state index contributed by atoms with van der Waals surface area (Å²) in [5, 5.41) is 3.28. The third-order valence-corrected chi connectivity index (χ3v) is 4.88. The minimum absolute atomic E-state index is 0.0585. The topological polar surface area (TPSA) is 49.4 Å². The van der Waals surface area contributed by atoms with Crippen LogP contribution in [-0.4, -0.2) is 44.2 Å². The minimum Gasteiger partial charge on any atom is -0.317 e. The summed E-state index contributed by atoms with van der Waals surface area (Å²) < 4.78 is 25.6. The third kappa shape index (κ3) is 7.01. The van der Waals surface area contributed by atoms with Crippen molar-refractivity contribution in [3.63, 3.8) is 0 Å². The first-order valence-corrected chi connectivity index (χ1v) is 8.26. The van der Waals surface area contributed by atoms with Crippen LogP contribution in [0.1, 0.15) is 47.0 Å². The predicted octanol–water partition coefficient (Wildman–Crippen LogP) is 1.83. The maximum absolute atomic E-state index is 12.0. The van der Waals surface area contributed by atoms with E-state index in [0.717, 1.165) is 32.4 Å². The van der Waals surface area contributed by atoms with E-state index in [9.17, 15) is 8.42 Å². The monoisotopic (exact) mass is 264 g/mol. The predicted molar refractivity (Wildman–Crippen MR) is 73.7 cm³/mol. The Morgan fingerprint density at radius 1 is 1.12 bits per heavy atom. The highest BCUT2D eigenvalue weighted by atomic mass is 32.2. The molecule has 0 atom stereocenters. The molecule has 104 valence electrons. The third-order valence-electron chi connectivity index (χ3n) is 2.68. The average Bonchev–Trinajstić information content (AvgIpc) is 2.23. The Bertz CT molecular complexity index is 276. The smallest absolute Gasteiger partial charge is 0.214 e. The summed E-state index contributed by atoms with van der Waals surface area (Å²) in [6, 6.07) is 0.0585. The van der Waals surface area contributed by atoms with Crippen LogP contribution in [0.5, 0.6) is 0 Å². The van der Waals surface area contributed by atoms with Gasteiger partial charge in [-0.05, 0) is 46.2 Å². The molecule has 0 aromatic heterocycles. The highest BCUT2D eigenvalue weighted by Crippen LogP contribution is 2.08. The fraction of sp³-hybridized carbons (Fsp3) is 1.00. The molecular formula is C12H28N2O2S. The molecule has 0 aliphatic carbocycles. The Kier molecular flexibility index (Phi) is 8.82. The van der Waals surface area contributed by atoms with E-state index in [0.29, 0.717) is 6.54 Å². The minimum atomic E-state index is -3.06. The van der Waals surface area contributed by atoms with E-state index in [2.05, 4.69) is 12.2 Å². The number of nitrogens with zero attached hydrogens (tertiary/aromatic N) is 1. The molecule has 17 heavy (non-hydrogen) atoms. The first kappa shape index (κ1) is 16.9. The SMILES string of the molecule is CCCNCCCCS(=O)(=O)N(CC)C(C)C. The summed E-state index contributed by atoms with van der Waals surface area (Å²) in [6.07, 6.45) is 2.78. The van der Waals surface area contributed by atoms with Crippen LogP contribution in [0, 0.1) is 0 Å². The van der Waals surface area contributed by atoms with Gasteiger partial charge in [-0.3, -0.25) is 0 Å². The van der Waals surface area contributed by atoms with Crippen molar-refractivity contribution in [3.05, 3.63) is 0 Å². The maximum atomic E-state index is 12.0. The fourth-order valence-electron chi connectivity index (χ4n) is 1.84. The van der Waals surface area contributed by atoms with Gasteiger partial charge in [-0.25, -0.2) is 8.42 Å². The lowest BCUT2D eigenvalue weighted by Crippen LogP contribution is -2.38. The molecule has 0 amide bonds. The first-order valence-electron chi connectivity index (χ1n) is 6.66. The van der Waals surface area contributed by atoms with Crippen LogP contribution in [0.15, 0.2) is 0 Å². The molecule has 0 saturated carbocycles. The average molecular weight is 264 g/mol. The Balaban J connectivity index is 3.93. The van der Waals surface area contributed by atoms with Crippen LogP contribution in [0.4, 0.5) is 0 Å². The Morgan fingerprint density at radius 3 is 2.24 bits per heavy atom. The second-order valence-corrected chi connectivity index (χ2v) is 6.61. The fourth-order valence-corrected chi connectivity index (χ4v) is 3.68. The van der Waals surface area contributed by atoms with Gasteiger partial charge in [0.1, 0.15) is 0 Å². The van der Waals surface area contributed by atoms with Gasteiger partial charge in [-0.1, -0.05) is 13.8 Å². The van der Waals surface area contributed by atoms with E-state index >= 15 is 0 Å². The highest BCUT2D eigenvalue weighted by molar-refractivity contribution is 7.89. The normalized spacial score (nSPS) is 12.6. The molecule has 0 aliphatic rings. The van der Waals surface area contributed by atoms with Crippen LogP contribution < -0.4 is 5.32 Å². The Morgan fingerprint density at radius 2 is 1.76 bits per heavy atom. The lowest BCUT2D eigenvalue weighted by atomic mass is 10.3. The zero-order valence-electron chi connectivity index (χ0n) is 11.7. The van der Waals surface area contributed by atoms with Crippen LogP contribution in [0.25, 0.3) is 0 Å². The summed E-state index contributed by atoms with van der Waals surface area (Å²) in [5.41, 5.74) is 0. The van der Waals surface area contributed by atoms with Gasteiger partial charge in [0, 0.05) is 12.6 Å². The quantitative estimate of drug-likeness (QED) is 0.612. The number of hydrogen-bond acceptors (Lipinski definition) is 3. The molecule has 0 aliphatic heterocycles. The summed E-state index contributed by atoms with van der Waals surface area (Å²) in [7, 11) is -3.06. The molecule has 5 heteroatoms. The lowest BCUT2D eigenvalue weighted by Gasteiger charge is -2.24. The molecule has 0 heterocycles. The van der Waals surface area contributed by atoms with Crippen molar-refractivity contribution in [2.24, 2.45) is 0 Å². The van der Waals surface area contributed by atoms with Crippen molar-refractivity contribution in [2.45, 2.75) is 53.0 Å². The van der Waals surface area contributed by atoms with Crippen molar-refractivity contribution >= 4 is 10.0 Å². The standard InChI is InChI=1S/C12H28N2O2S/c1-5-9-13-10-7-8-11-17(15,16)14(6-2)12(3)4/h12-13H,5-11H2,1-4H3. The van der Waals surface area contributed by atoms with E-state index in [-0.39, 0.29) is 11.8 Å². The zero-order chi connectivity index (χ0) is 13.3. The number of nitrogens with one attached hydrogen (secondary N) is 1. The maximum Gasteiger partial charge on any atom is 0.214 e. The van der Waals surface area contributed by atoms with Gasteiger partial charge < -0.3 is 5.32 Å². The molecule has 0 rings (SSSR count). The first-order chi connectivity index (χ1) is 7.95. The molecule has 0 bridgehead atoms. The molecule has 0 aromatic rings. The van der Waals surface area contributed by atoms with Crippen LogP contribution in [0.3, 0.4) is 0 Å². The van der Waals surface area contributed by atoms with E-state index in [1.54, 1.807) is 4.31 Å². The molecule has 4 nitrogen and oxygen atoms in total. The van der Waals surface area contributed by atoms with Gasteiger partial charge in [-0.15, -0.1) is 0 Å². The van der Waals surface area contributed by atoms with Crippen LogP contribution >= 0.6 is 0 Å². The number of sulfonamides is 1. The van der Waals surface area contributed by atoms with Crippen LogP contribution in [0.2, 0.25) is 0 Å². The summed E-state index contributed by atoms with van der Waals surface area (Å²) in [4.78, 5) is 0. The van der Waals surface area contributed by atoms with E-state index < -0.39 is 10.0 Å². The molecular weight excluding hydrogens is 236 g/mol. The van der Waals surface area contributed by atoms with Gasteiger partial charge in [0.15, 0.2) is 0 Å². The number of rotatable bonds is 10. The van der Waals surface area contributed by atoms with Gasteiger partial charge in [0.05, 0.1) is 5.75 Å². The number of unbranched alkanes of at least 4 members (excludes halogenated alkanes) is 1. The van der Waals surface area contributed by atoms with Gasteiger partial charge in [-0.2, -0.15) is 4.31 Å². The van der Waals surface area contributed by atoms with Crippen molar-refractivity contribution in [2.75, 3.05) is 25.4 Å². The molecule has 0 fully saturated rings. The molecule has 0 aromatic carbocycles. The van der Waals surface area contributed by atoms with Gasteiger partial charge >= 0.3 is 0 Å². The van der Waals surface area contributed by atoms with Crippen molar-refractivity contribution < 1.29 is 8.42 Å². The summed E-state index contributed by atoms with van der Waals surface area (Å²) in [6.45, 7) is 10.3. The Labute approximate surface area is 107 Å². The van der Waals surface area contributed by atoms with E-state index in [4.69, 9.17) is 0 Å². The van der Waals surface area contributed by atoms with Crippen molar-refractivity contribution in [3.8, 4) is 0 Å². The van der Waals surface area contributed by atoms with Crippen molar-refractivity contribution in [1.29, 1.82) is 0 Å². The molecule has 0 spiro atoms. The summed E-state index contributed by atoms with van der Waals surface area (Å²) in [5.74, 6) is 0.271. The summed E-state index contributed by atoms with van der Waals surface area (Å²) >= 11 is 0. The van der Waals surface area contributed by atoms with E-state index in [1.807, 2.05) is 20.8 Å². The second-order valence-electron chi connectivity index (χ2n) is 4.57. The van der Waals surface area contributed by atoms with Crippen LogP contribution in [-0.2, 0) is 10.0 Å². The molecule has 0 unspecified atom stereocenters. The van der Waals surface area contributed by atoms with Gasteiger partial charge in [0.25, 0.3) is 0 Å². The number of hydrogen-bond donors (Lipinski definition) is 1. The molecule has 0 radical (unpaired) electrons. The van der Waals surface area contributed by atoms with Crippen molar-refractivity contribution in [1.82, 2.24) is 9.62 Å². The van der Waals surface area contributed by atoms with E-state index in [1.165, 1.54) is 0 Å². The second kappa shape index (κ2) is 8.89. The molecule has 0 saturated heterocycles. The highest BCUT2D eigenvalue weighted by Gasteiger charge is 2.22. The zero-order valence-corrected chi connectivity index (χ0v) is 12.5.